The Morgan fingerprint density at radius 2 is 2.00 bits per heavy atom. The molecule has 1 aliphatic rings. The van der Waals surface area contributed by atoms with Crippen LogP contribution in [0.5, 0.6) is 0 Å². The van der Waals surface area contributed by atoms with Gasteiger partial charge < -0.3 is 10.6 Å². The molecule has 0 heterocycles. The maximum Gasteiger partial charge on any atom is 0.416 e. The molecule has 1 aliphatic carbocycles. The summed E-state index contributed by atoms with van der Waals surface area (Å²) in [4.78, 5) is 11.4. The minimum atomic E-state index is -4.57. The highest BCUT2D eigenvalue weighted by Crippen LogP contribution is 2.31. The zero-order valence-corrected chi connectivity index (χ0v) is 9.85. The van der Waals surface area contributed by atoms with Gasteiger partial charge in [-0.25, -0.2) is 4.39 Å². The van der Waals surface area contributed by atoms with E-state index in [0.717, 1.165) is 12.8 Å². The van der Waals surface area contributed by atoms with Gasteiger partial charge in [-0.3, -0.25) is 4.79 Å². The molecular formula is C12H12F4N2O. The summed E-state index contributed by atoms with van der Waals surface area (Å²) in [5, 5.41) is 5.01. The number of amides is 1. The SMILES string of the molecule is O=C(CNC1CC1)Nc1cc(C(F)(F)F)ccc1F. The lowest BCUT2D eigenvalue weighted by molar-refractivity contribution is -0.137. The number of hydrogen-bond donors (Lipinski definition) is 2. The molecule has 0 aliphatic heterocycles. The normalized spacial score (nSPS) is 15.4. The van der Waals surface area contributed by atoms with E-state index in [1.54, 1.807) is 0 Å². The third-order valence-corrected chi connectivity index (χ3v) is 2.70. The van der Waals surface area contributed by atoms with Gasteiger partial charge >= 0.3 is 6.18 Å². The Balaban J connectivity index is 2.03. The van der Waals surface area contributed by atoms with Crippen LogP contribution in [-0.4, -0.2) is 18.5 Å². The average molecular weight is 276 g/mol. The van der Waals surface area contributed by atoms with E-state index in [1.807, 2.05) is 0 Å². The average Bonchev–Trinajstić information content (AvgIpc) is 3.12. The summed E-state index contributed by atoms with van der Waals surface area (Å²) in [7, 11) is 0. The second-order valence-electron chi connectivity index (χ2n) is 4.40. The van der Waals surface area contributed by atoms with Crippen molar-refractivity contribution in [3.8, 4) is 0 Å². The molecule has 0 unspecified atom stereocenters. The van der Waals surface area contributed by atoms with Crippen LogP contribution >= 0.6 is 0 Å². The Bertz CT molecular complexity index is 483. The summed E-state index contributed by atoms with van der Waals surface area (Å²) in [6, 6.07) is 2.20. The largest absolute Gasteiger partial charge is 0.416 e. The highest BCUT2D eigenvalue weighted by molar-refractivity contribution is 5.92. The number of benzene rings is 1. The van der Waals surface area contributed by atoms with Gasteiger partial charge in [-0.1, -0.05) is 0 Å². The number of halogens is 4. The third kappa shape index (κ3) is 3.92. The molecule has 0 atom stereocenters. The lowest BCUT2D eigenvalue weighted by Gasteiger charge is -2.11. The fourth-order valence-electron chi connectivity index (χ4n) is 1.52. The molecule has 1 fully saturated rings. The number of anilines is 1. The number of carbonyl (C=O) groups excluding carboxylic acids is 1. The van der Waals surface area contributed by atoms with Gasteiger partial charge in [-0.2, -0.15) is 13.2 Å². The number of nitrogens with one attached hydrogen (secondary N) is 2. The van der Waals surface area contributed by atoms with E-state index in [1.165, 1.54) is 0 Å². The molecule has 0 aromatic heterocycles. The van der Waals surface area contributed by atoms with Crippen molar-refractivity contribution in [2.45, 2.75) is 25.1 Å². The molecule has 1 saturated carbocycles. The number of carbonyl (C=O) groups is 1. The van der Waals surface area contributed by atoms with Crippen molar-refractivity contribution in [1.82, 2.24) is 5.32 Å². The summed E-state index contributed by atoms with van der Waals surface area (Å²) in [5.74, 6) is -1.46. The van der Waals surface area contributed by atoms with Crippen molar-refractivity contribution in [1.29, 1.82) is 0 Å². The molecule has 7 heteroatoms. The highest BCUT2D eigenvalue weighted by Gasteiger charge is 2.31. The Morgan fingerprint density at radius 3 is 2.58 bits per heavy atom. The molecule has 19 heavy (non-hydrogen) atoms. The van der Waals surface area contributed by atoms with Crippen LogP contribution in [0.4, 0.5) is 23.2 Å². The molecule has 0 bridgehead atoms. The second-order valence-corrected chi connectivity index (χ2v) is 4.40. The molecule has 0 saturated heterocycles. The minimum absolute atomic E-state index is 0.0413. The van der Waals surface area contributed by atoms with Gasteiger partial charge in [-0.15, -0.1) is 0 Å². The van der Waals surface area contributed by atoms with E-state index in [4.69, 9.17) is 0 Å². The maximum absolute atomic E-state index is 13.3. The van der Waals surface area contributed by atoms with Crippen LogP contribution in [0.1, 0.15) is 18.4 Å². The fraction of sp³-hybridized carbons (Fsp3) is 0.417. The van der Waals surface area contributed by atoms with Crippen molar-refractivity contribution in [2.75, 3.05) is 11.9 Å². The molecule has 1 aromatic carbocycles. The van der Waals surface area contributed by atoms with Gasteiger partial charge in [0.25, 0.3) is 0 Å². The molecule has 1 aromatic rings. The Kier molecular flexibility index (Phi) is 3.75. The standard InChI is InChI=1S/C12H12F4N2O/c13-9-4-1-7(12(14,15)16)5-10(9)18-11(19)6-17-8-2-3-8/h1,4-5,8,17H,2-3,6H2,(H,18,19). The summed E-state index contributed by atoms with van der Waals surface area (Å²) in [6.45, 7) is -0.0413. The van der Waals surface area contributed by atoms with Gasteiger partial charge in [0.05, 0.1) is 17.8 Å². The molecule has 2 rings (SSSR count). The first-order valence-electron chi connectivity index (χ1n) is 5.76. The number of alkyl halides is 3. The first-order valence-corrected chi connectivity index (χ1v) is 5.76. The zero-order chi connectivity index (χ0) is 14.0. The number of hydrogen-bond acceptors (Lipinski definition) is 2. The molecule has 104 valence electrons. The topological polar surface area (TPSA) is 41.1 Å². The summed E-state index contributed by atoms with van der Waals surface area (Å²) in [5.41, 5.74) is -1.46. The first kappa shape index (κ1) is 13.8. The van der Waals surface area contributed by atoms with Gasteiger partial charge in [0.1, 0.15) is 5.82 Å². The van der Waals surface area contributed by atoms with E-state index >= 15 is 0 Å². The van der Waals surface area contributed by atoms with Gasteiger partial charge in [0.2, 0.25) is 5.91 Å². The van der Waals surface area contributed by atoms with Crippen LogP contribution < -0.4 is 10.6 Å². The van der Waals surface area contributed by atoms with E-state index in [-0.39, 0.29) is 12.6 Å². The van der Waals surface area contributed by atoms with Crippen molar-refractivity contribution in [3.63, 3.8) is 0 Å². The zero-order valence-electron chi connectivity index (χ0n) is 9.85. The summed E-state index contributed by atoms with van der Waals surface area (Å²) >= 11 is 0. The summed E-state index contributed by atoms with van der Waals surface area (Å²) in [6.07, 6.45) is -2.62. The van der Waals surface area contributed by atoms with Crippen LogP contribution in [0.25, 0.3) is 0 Å². The first-order chi connectivity index (χ1) is 8.86. The predicted molar refractivity (Wildman–Crippen MR) is 61.1 cm³/mol. The van der Waals surface area contributed by atoms with Gasteiger partial charge in [0.15, 0.2) is 0 Å². The molecular weight excluding hydrogens is 264 g/mol. The van der Waals surface area contributed by atoms with Crippen LogP contribution in [-0.2, 0) is 11.0 Å². The van der Waals surface area contributed by atoms with E-state index in [2.05, 4.69) is 10.6 Å². The fourth-order valence-corrected chi connectivity index (χ4v) is 1.52. The van der Waals surface area contributed by atoms with Crippen molar-refractivity contribution in [2.24, 2.45) is 0 Å². The molecule has 0 radical (unpaired) electrons. The summed E-state index contributed by atoms with van der Waals surface area (Å²) < 4.78 is 50.7. The third-order valence-electron chi connectivity index (χ3n) is 2.70. The van der Waals surface area contributed by atoms with E-state index in [9.17, 15) is 22.4 Å². The van der Waals surface area contributed by atoms with Crippen LogP contribution in [0, 0.1) is 5.82 Å². The van der Waals surface area contributed by atoms with Crippen LogP contribution in [0.3, 0.4) is 0 Å². The smallest absolute Gasteiger partial charge is 0.322 e. The van der Waals surface area contributed by atoms with E-state index < -0.39 is 29.2 Å². The number of rotatable bonds is 4. The van der Waals surface area contributed by atoms with Crippen LogP contribution in [0.2, 0.25) is 0 Å². The highest BCUT2D eigenvalue weighted by atomic mass is 19.4. The van der Waals surface area contributed by atoms with Crippen LogP contribution in [0.15, 0.2) is 18.2 Å². The van der Waals surface area contributed by atoms with Gasteiger partial charge in [-0.05, 0) is 31.0 Å². The molecule has 0 spiro atoms. The maximum atomic E-state index is 13.3. The quantitative estimate of drug-likeness (QED) is 0.830. The molecule has 3 nitrogen and oxygen atoms in total. The van der Waals surface area contributed by atoms with Crippen molar-refractivity contribution >= 4 is 11.6 Å². The Labute approximate surface area is 107 Å². The van der Waals surface area contributed by atoms with Crippen molar-refractivity contribution < 1.29 is 22.4 Å². The lowest BCUT2D eigenvalue weighted by Crippen LogP contribution is -2.29. The molecule has 2 N–H and O–H groups in total. The van der Waals surface area contributed by atoms with Gasteiger partial charge in [0, 0.05) is 6.04 Å². The second kappa shape index (κ2) is 5.16. The monoisotopic (exact) mass is 276 g/mol. The molecule has 1 amide bonds. The lowest BCUT2D eigenvalue weighted by atomic mass is 10.2. The minimum Gasteiger partial charge on any atom is -0.322 e. The van der Waals surface area contributed by atoms with E-state index in [0.29, 0.717) is 18.2 Å². The van der Waals surface area contributed by atoms with Crippen molar-refractivity contribution in [3.05, 3.63) is 29.6 Å². The Morgan fingerprint density at radius 1 is 1.32 bits per heavy atom. The predicted octanol–water partition coefficient (Wildman–Crippen LogP) is 2.54. The Hall–Kier alpha value is -1.63.